The molecule has 2 aliphatic heterocycles. The molecule has 10 heteroatoms. The molecule has 210 valence electrons. The molecule has 40 heavy (non-hydrogen) atoms. The lowest BCUT2D eigenvalue weighted by Gasteiger charge is -2.34. The molecule has 5 rings (SSSR count). The summed E-state index contributed by atoms with van der Waals surface area (Å²) in [6.45, 7) is 4.95. The number of carboxylic acid groups (broad SMARTS) is 1. The summed E-state index contributed by atoms with van der Waals surface area (Å²) in [5.74, 6) is -2.04. The number of nitrogens with one attached hydrogen (secondary N) is 1. The highest BCUT2D eigenvalue weighted by Crippen LogP contribution is 2.29. The molecule has 3 heterocycles. The fraction of sp³-hybridized carbons (Fsp3) is 0.400. The Balaban J connectivity index is 1.24. The number of carbonyl (C=O) groups excluding carboxylic acids is 1. The quantitative estimate of drug-likeness (QED) is 0.442. The molecule has 1 amide bonds. The fourth-order valence-corrected chi connectivity index (χ4v) is 5.39. The zero-order valence-corrected chi connectivity index (χ0v) is 22.6. The molecule has 0 radical (unpaired) electrons. The van der Waals surface area contributed by atoms with Gasteiger partial charge in [0.15, 0.2) is 11.6 Å². The van der Waals surface area contributed by atoms with Crippen molar-refractivity contribution >= 4 is 23.5 Å². The maximum Gasteiger partial charge on any atom is 0.326 e. The Morgan fingerprint density at radius 2 is 1.75 bits per heavy atom. The molecule has 0 spiro atoms. The van der Waals surface area contributed by atoms with E-state index in [1.165, 1.54) is 6.33 Å². The number of piperidine rings is 1. The molecule has 2 N–H and O–H groups in total. The highest BCUT2D eigenvalue weighted by Gasteiger charge is 2.32. The molecule has 2 aromatic carbocycles. The van der Waals surface area contributed by atoms with Gasteiger partial charge in [-0.2, -0.15) is 4.39 Å². The molecule has 0 bridgehead atoms. The minimum atomic E-state index is -1.10. The number of morpholine rings is 1. The number of nitrogens with zero attached hydrogens (tertiary/aromatic N) is 4. The van der Waals surface area contributed by atoms with Crippen molar-refractivity contribution in [2.45, 2.75) is 32.2 Å². The van der Waals surface area contributed by atoms with E-state index in [1.807, 2.05) is 54.3 Å². The minimum Gasteiger partial charge on any atom is -0.480 e. The van der Waals surface area contributed by atoms with Gasteiger partial charge in [0.25, 0.3) is 0 Å². The summed E-state index contributed by atoms with van der Waals surface area (Å²) < 4.78 is 20.8. The molecule has 0 aliphatic carbocycles. The number of hydrogen-bond donors (Lipinski definition) is 2. The standard InChI is InChI=1S/C30H34FN5O4/c1-20-5-2-3-7-24(20)22-10-8-21(9-11-22)17-25(30(38)39)34-29(37)23-6-4-12-36(18-23)28-26(31)27(32-19-33-28)35-13-15-40-16-14-35/h2-3,5,7-11,19,23,25H,4,6,12-18H2,1H3,(H,34,37)(H,38,39)/t23?,25-/m0/s1. The highest BCUT2D eigenvalue weighted by atomic mass is 19.1. The first-order chi connectivity index (χ1) is 19.4. The number of amides is 1. The zero-order valence-electron chi connectivity index (χ0n) is 22.6. The van der Waals surface area contributed by atoms with E-state index in [4.69, 9.17) is 4.74 Å². The number of ether oxygens (including phenoxy) is 1. The Morgan fingerprint density at radius 3 is 2.45 bits per heavy atom. The predicted molar refractivity (Wildman–Crippen MR) is 150 cm³/mol. The van der Waals surface area contributed by atoms with E-state index in [-0.39, 0.29) is 30.5 Å². The maximum absolute atomic E-state index is 15.5. The van der Waals surface area contributed by atoms with Crippen LogP contribution in [-0.2, 0) is 20.7 Å². The van der Waals surface area contributed by atoms with Crippen LogP contribution < -0.4 is 15.1 Å². The molecule has 2 atom stereocenters. The Kier molecular flexibility index (Phi) is 8.54. The molecule has 0 saturated carbocycles. The van der Waals surface area contributed by atoms with Crippen molar-refractivity contribution in [3.05, 3.63) is 71.8 Å². The van der Waals surface area contributed by atoms with E-state index in [2.05, 4.69) is 21.4 Å². The van der Waals surface area contributed by atoms with Crippen molar-refractivity contribution in [1.82, 2.24) is 15.3 Å². The van der Waals surface area contributed by atoms with Gasteiger partial charge in [-0.1, -0.05) is 48.5 Å². The first-order valence-electron chi connectivity index (χ1n) is 13.7. The minimum absolute atomic E-state index is 0.162. The van der Waals surface area contributed by atoms with Crippen LogP contribution in [0.25, 0.3) is 11.1 Å². The van der Waals surface area contributed by atoms with Crippen LogP contribution in [0.4, 0.5) is 16.0 Å². The fourth-order valence-electron chi connectivity index (χ4n) is 5.39. The van der Waals surface area contributed by atoms with Gasteiger partial charge in [-0.15, -0.1) is 0 Å². The lowest BCUT2D eigenvalue weighted by molar-refractivity contribution is -0.142. The number of hydrogen-bond acceptors (Lipinski definition) is 7. The summed E-state index contributed by atoms with van der Waals surface area (Å²) >= 11 is 0. The van der Waals surface area contributed by atoms with Crippen molar-refractivity contribution in [3.8, 4) is 11.1 Å². The Labute approximate surface area is 233 Å². The molecule has 2 aliphatic rings. The number of anilines is 2. The first-order valence-corrected chi connectivity index (χ1v) is 13.7. The first kappa shape index (κ1) is 27.5. The van der Waals surface area contributed by atoms with Gasteiger partial charge in [0.2, 0.25) is 11.7 Å². The van der Waals surface area contributed by atoms with Crippen LogP contribution >= 0.6 is 0 Å². The summed E-state index contributed by atoms with van der Waals surface area (Å²) in [7, 11) is 0. The largest absolute Gasteiger partial charge is 0.480 e. The van der Waals surface area contributed by atoms with Crippen LogP contribution in [0.2, 0.25) is 0 Å². The second-order valence-corrected chi connectivity index (χ2v) is 10.3. The van der Waals surface area contributed by atoms with Gasteiger partial charge in [0.1, 0.15) is 12.4 Å². The van der Waals surface area contributed by atoms with Crippen LogP contribution in [0.15, 0.2) is 54.9 Å². The Morgan fingerprint density at radius 1 is 1.05 bits per heavy atom. The Bertz CT molecular complexity index is 1350. The van der Waals surface area contributed by atoms with Crippen molar-refractivity contribution in [2.24, 2.45) is 5.92 Å². The van der Waals surface area contributed by atoms with Gasteiger partial charge in [0, 0.05) is 32.6 Å². The van der Waals surface area contributed by atoms with E-state index >= 15 is 4.39 Å². The maximum atomic E-state index is 15.5. The number of aromatic nitrogens is 2. The molecule has 1 unspecified atom stereocenters. The average molecular weight is 548 g/mol. The summed E-state index contributed by atoms with van der Waals surface area (Å²) in [5, 5.41) is 12.6. The van der Waals surface area contributed by atoms with E-state index in [9.17, 15) is 14.7 Å². The molecule has 3 aromatic rings. The normalized spacial score (nSPS) is 18.3. The van der Waals surface area contributed by atoms with Gasteiger partial charge in [-0.3, -0.25) is 4.79 Å². The smallest absolute Gasteiger partial charge is 0.326 e. The molecule has 1 aromatic heterocycles. The molecule has 2 saturated heterocycles. The SMILES string of the molecule is Cc1ccccc1-c1ccc(C[C@H](NC(=O)C2CCCN(c3ncnc(N4CCOCC4)c3F)C2)C(=O)O)cc1. The molecule has 9 nitrogen and oxygen atoms in total. The van der Waals surface area contributed by atoms with Gasteiger partial charge < -0.3 is 25.0 Å². The van der Waals surface area contributed by atoms with Crippen LogP contribution in [-0.4, -0.2) is 72.4 Å². The van der Waals surface area contributed by atoms with E-state index in [1.54, 1.807) is 4.90 Å². The number of carbonyl (C=O) groups is 2. The van der Waals surface area contributed by atoms with E-state index < -0.39 is 23.7 Å². The summed E-state index contributed by atoms with van der Waals surface area (Å²) in [4.78, 5) is 37.2. The van der Waals surface area contributed by atoms with E-state index in [0.29, 0.717) is 45.7 Å². The third kappa shape index (κ3) is 6.22. The summed E-state index contributed by atoms with van der Waals surface area (Å²) in [6, 6.07) is 14.7. The van der Waals surface area contributed by atoms with Crippen molar-refractivity contribution in [2.75, 3.05) is 49.2 Å². The number of aryl methyl sites for hydroxylation is 1. The zero-order chi connectivity index (χ0) is 28.1. The number of rotatable bonds is 8. The van der Waals surface area contributed by atoms with Crippen molar-refractivity contribution in [3.63, 3.8) is 0 Å². The predicted octanol–water partition coefficient (Wildman–Crippen LogP) is 3.46. The topological polar surface area (TPSA) is 108 Å². The monoisotopic (exact) mass is 547 g/mol. The third-order valence-electron chi connectivity index (χ3n) is 7.62. The van der Waals surface area contributed by atoms with Crippen LogP contribution in [0.5, 0.6) is 0 Å². The number of carboxylic acids is 1. The Hall–Kier alpha value is -4.05. The highest BCUT2D eigenvalue weighted by molar-refractivity contribution is 5.85. The van der Waals surface area contributed by atoms with Gasteiger partial charge in [-0.25, -0.2) is 14.8 Å². The average Bonchev–Trinajstić information content (AvgIpc) is 2.98. The van der Waals surface area contributed by atoms with Gasteiger partial charge >= 0.3 is 5.97 Å². The van der Waals surface area contributed by atoms with Crippen LogP contribution in [0.3, 0.4) is 0 Å². The second kappa shape index (κ2) is 12.4. The second-order valence-electron chi connectivity index (χ2n) is 10.3. The lowest BCUT2D eigenvalue weighted by atomic mass is 9.95. The third-order valence-corrected chi connectivity index (χ3v) is 7.62. The van der Waals surface area contributed by atoms with Gasteiger partial charge in [0.05, 0.1) is 19.1 Å². The number of aliphatic carboxylic acids is 1. The molecular weight excluding hydrogens is 513 g/mol. The van der Waals surface area contributed by atoms with Crippen LogP contribution in [0, 0.1) is 18.7 Å². The number of halogens is 1. The van der Waals surface area contributed by atoms with E-state index in [0.717, 1.165) is 22.3 Å². The van der Waals surface area contributed by atoms with Crippen LogP contribution in [0.1, 0.15) is 24.0 Å². The van der Waals surface area contributed by atoms with Gasteiger partial charge in [-0.05, 0) is 42.0 Å². The van der Waals surface area contributed by atoms with Crippen molar-refractivity contribution in [1.29, 1.82) is 0 Å². The summed E-state index contributed by atoms with van der Waals surface area (Å²) in [5.41, 5.74) is 4.14. The van der Waals surface area contributed by atoms with Crippen molar-refractivity contribution < 1.29 is 23.8 Å². The summed E-state index contributed by atoms with van der Waals surface area (Å²) in [6.07, 6.45) is 2.75. The molecular formula is C30H34FN5O4. The molecule has 2 fully saturated rings. The lowest BCUT2D eigenvalue weighted by Crippen LogP contribution is -2.49. The number of benzene rings is 2.